The minimum absolute atomic E-state index is 0.209. The standard InChI is InChI=1S/C15H23N3O/c1-11-4-3-5-13(10-11)18(2)9-8-14(15(16)19)17-12-6-7-12/h3-5,10,12,14,17H,6-9H2,1-2H3,(H2,16,19). The lowest BCUT2D eigenvalue weighted by Gasteiger charge is -2.23. The molecule has 1 fully saturated rings. The van der Waals surface area contributed by atoms with E-state index in [0.29, 0.717) is 6.04 Å². The summed E-state index contributed by atoms with van der Waals surface area (Å²) in [6.07, 6.45) is 3.07. The average molecular weight is 261 g/mol. The van der Waals surface area contributed by atoms with Crippen LogP contribution in [0.15, 0.2) is 24.3 Å². The summed E-state index contributed by atoms with van der Waals surface area (Å²) in [7, 11) is 2.05. The molecule has 0 spiro atoms. The normalized spacial score (nSPS) is 16.1. The fourth-order valence-corrected chi connectivity index (χ4v) is 2.16. The van der Waals surface area contributed by atoms with Gasteiger partial charge in [0.1, 0.15) is 0 Å². The molecule has 1 saturated carbocycles. The number of rotatable bonds is 7. The Morgan fingerprint density at radius 1 is 1.53 bits per heavy atom. The van der Waals surface area contributed by atoms with E-state index in [1.165, 1.54) is 11.3 Å². The van der Waals surface area contributed by atoms with Gasteiger partial charge in [-0.3, -0.25) is 4.79 Å². The van der Waals surface area contributed by atoms with Crippen LogP contribution < -0.4 is 16.0 Å². The van der Waals surface area contributed by atoms with Crippen molar-refractivity contribution in [2.24, 2.45) is 5.73 Å². The average Bonchev–Trinajstić information content (AvgIpc) is 3.17. The maximum absolute atomic E-state index is 11.4. The highest BCUT2D eigenvalue weighted by atomic mass is 16.1. The van der Waals surface area contributed by atoms with Crippen LogP contribution in [0.25, 0.3) is 0 Å². The van der Waals surface area contributed by atoms with Crippen molar-refractivity contribution in [1.29, 1.82) is 0 Å². The predicted molar refractivity (Wildman–Crippen MR) is 78.2 cm³/mol. The summed E-state index contributed by atoms with van der Waals surface area (Å²) in [4.78, 5) is 13.6. The molecule has 1 aromatic rings. The van der Waals surface area contributed by atoms with Gasteiger partial charge in [0.15, 0.2) is 0 Å². The molecule has 0 aliphatic heterocycles. The summed E-state index contributed by atoms with van der Waals surface area (Å²) in [5.74, 6) is -0.246. The van der Waals surface area contributed by atoms with Gasteiger partial charge in [-0.2, -0.15) is 0 Å². The van der Waals surface area contributed by atoms with Gasteiger partial charge in [-0.1, -0.05) is 12.1 Å². The number of nitrogens with two attached hydrogens (primary N) is 1. The van der Waals surface area contributed by atoms with Crippen molar-refractivity contribution in [3.63, 3.8) is 0 Å². The van der Waals surface area contributed by atoms with Gasteiger partial charge in [0.2, 0.25) is 5.91 Å². The lowest BCUT2D eigenvalue weighted by molar-refractivity contribution is -0.120. The van der Waals surface area contributed by atoms with Gasteiger partial charge in [0.25, 0.3) is 0 Å². The number of primary amides is 1. The van der Waals surface area contributed by atoms with E-state index in [-0.39, 0.29) is 11.9 Å². The molecule has 104 valence electrons. The summed E-state index contributed by atoms with van der Waals surface area (Å²) >= 11 is 0. The Morgan fingerprint density at radius 3 is 2.84 bits per heavy atom. The Bertz CT molecular complexity index is 443. The van der Waals surface area contributed by atoms with Crippen LogP contribution in [0.5, 0.6) is 0 Å². The van der Waals surface area contributed by atoms with Gasteiger partial charge in [-0.25, -0.2) is 0 Å². The van der Waals surface area contributed by atoms with Crippen molar-refractivity contribution in [2.45, 2.75) is 38.3 Å². The van der Waals surface area contributed by atoms with Crippen LogP contribution in [0, 0.1) is 6.92 Å². The van der Waals surface area contributed by atoms with Crippen LogP contribution in [0.1, 0.15) is 24.8 Å². The van der Waals surface area contributed by atoms with E-state index in [9.17, 15) is 4.79 Å². The Hall–Kier alpha value is -1.55. The number of anilines is 1. The third-order valence-corrected chi connectivity index (χ3v) is 3.55. The number of aryl methyl sites for hydroxylation is 1. The molecule has 1 unspecified atom stereocenters. The summed E-state index contributed by atoms with van der Waals surface area (Å²) in [5, 5.41) is 3.31. The second-order valence-electron chi connectivity index (χ2n) is 5.45. The highest BCUT2D eigenvalue weighted by Gasteiger charge is 2.27. The molecule has 2 rings (SSSR count). The topological polar surface area (TPSA) is 58.4 Å². The van der Waals surface area contributed by atoms with E-state index in [1.54, 1.807) is 0 Å². The van der Waals surface area contributed by atoms with Gasteiger partial charge in [0.05, 0.1) is 6.04 Å². The Labute approximate surface area is 115 Å². The molecule has 19 heavy (non-hydrogen) atoms. The van der Waals surface area contributed by atoms with Gasteiger partial charge in [-0.15, -0.1) is 0 Å². The number of hydrogen-bond acceptors (Lipinski definition) is 3. The molecule has 1 atom stereocenters. The van der Waals surface area contributed by atoms with Crippen LogP contribution in [0.3, 0.4) is 0 Å². The number of amides is 1. The van der Waals surface area contributed by atoms with Crippen LogP contribution in [0.2, 0.25) is 0 Å². The Balaban J connectivity index is 1.87. The lowest BCUT2D eigenvalue weighted by Crippen LogP contribution is -2.44. The highest BCUT2D eigenvalue weighted by molar-refractivity contribution is 5.80. The van der Waals surface area contributed by atoms with Crippen molar-refractivity contribution in [2.75, 3.05) is 18.5 Å². The molecule has 0 heterocycles. The van der Waals surface area contributed by atoms with Crippen LogP contribution in [-0.4, -0.2) is 31.6 Å². The maximum Gasteiger partial charge on any atom is 0.234 e. The molecule has 1 aliphatic carbocycles. The zero-order chi connectivity index (χ0) is 13.8. The second kappa shape index (κ2) is 6.06. The van der Waals surface area contributed by atoms with Crippen molar-refractivity contribution in [3.8, 4) is 0 Å². The van der Waals surface area contributed by atoms with E-state index in [4.69, 9.17) is 5.73 Å². The molecule has 0 radical (unpaired) electrons. The number of carbonyl (C=O) groups excluding carboxylic acids is 1. The molecule has 4 heteroatoms. The first-order valence-electron chi connectivity index (χ1n) is 6.89. The maximum atomic E-state index is 11.4. The van der Waals surface area contributed by atoms with E-state index in [2.05, 4.69) is 41.4 Å². The predicted octanol–water partition coefficient (Wildman–Crippen LogP) is 1.43. The van der Waals surface area contributed by atoms with Crippen molar-refractivity contribution < 1.29 is 4.79 Å². The summed E-state index contributed by atoms with van der Waals surface area (Å²) in [6, 6.07) is 8.66. The summed E-state index contributed by atoms with van der Waals surface area (Å²) < 4.78 is 0. The summed E-state index contributed by atoms with van der Waals surface area (Å²) in [6.45, 7) is 2.90. The first-order valence-corrected chi connectivity index (χ1v) is 6.89. The third kappa shape index (κ3) is 4.24. The third-order valence-electron chi connectivity index (χ3n) is 3.55. The first-order chi connectivity index (χ1) is 9.06. The SMILES string of the molecule is Cc1cccc(N(C)CCC(NC2CC2)C(N)=O)c1. The van der Waals surface area contributed by atoms with Gasteiger partial charge < -0.3 is 16.0 Å². The number of hydrogen-bond donors (Lipinski definition) is 2. The van der Waals surface area contributed by atoms with Crippen LogP contribution in [-0.2, 0) is 4.79 Å². The molecule has 0 aromatic heterocycles. The fraction of sp³-hybridized carbons (Fsp3) is 0.533. The molecule has 0 saturated heterocycles. The number of benzene rings is 1. The van der Waals surface area contributed by atoms with E-state index >= 15 is 0 Å². The minimum atomic E-state index is -0.246. The zero-order valence-corrected chi connectivity index (χ0v) is 11.7. The van der Waals surface area contributed by atoms with Crippen LogP contribution >= 0.6 is 0 Å². The summed E-state index contributed by atoms with van der Waals surface area (Å²) in [5.41, 5.74) is 7.86. The fourth-order valence-electron chi connectivity index (χ4n) is 2.16. The molecular formula is C15H23N3O. The lowest BCUT2D eigenvalue weighted by atomic mass is 10.1. The molecule has 0 bridgehead atoms. The smallest absolute Gasteiger partial charge is 0.234 e. The Kier molecular flexibility index (Phi) is 4.43. The minimum Gasteiger partial charge on any atom is -0.375 e. The van der Waals surface area contributed by atoms with Crippen molar-refractivity contribution in [1.82, 2.24) is 5.32 Å². The molecule has 4 nitrogen and oxygen atoms in total. The largest absolute Gasteiger partial charge is 0.375 e. The first kappa shape index (κ1) is 13.9. The molecular weight excluding hydrogens is 238 g/mol. The molecule has 3 N–H and O–H groups in total. The quantitative estimate of drug-likeness (QED) is 0.780. The van der Waals surface area contributed by atoms with Gasteiger partial charge in [0, 0.05) is 25.3 Å². The second-order valence-corrected chi connectivity index (χ2v) is 5.45. The van der Waals surface area contributed by atoms with Crippen molar-refractivity contribution >= 4 is 11.6 Å². The monoisotopic (exact) mass is 261 g/mol. The number of nitrogens with zero attached hydrogens (tertiary/aromatic N) is 1. The zero-order valence-electron chi connectivity index (χ0n) is 11.7. The van der Waals surface area contributed by atoms with Crippen LogP contribution in [0.4, 0.5) is 5.69 Å². The number of carbonyl (C=O) groups is 1. The molecule has 1 amide bonds. The van der Waals surface area contributed by atoms with Gasteiger partial charge in [-0.05, 0) is 43.9 Å². The Morgan fingerprint density at radius 2 is 2.26 bits per heavy atom. The van der Waals surface area contributed by atoms with Gasteiger partial charge >= 0.3 is 0 Å². The highest BCUT2D eigenvalue weighted by Crippen LogP contribution is 2.20. The number of nitrogens with one attached hydrogen (secondary N) is 1. The van der Waals surface area contributed by atoms with E-state index in [1.807, 2.05) is 7.05 Å². The molecule has 1 aliphatic rings. The van der Waals surface area contributed by atoms with E-state index < -0.39 is 0 Å². The van der Waals surface area contributed by atoms with E-state index in [0.717, 1.165) is 25.8 Å². The molecule has 1 aromatic carbocycles. The van der Waals surface area contributed by atoms with Crippen molar-refractivity contribution in [3.05, 3.63) is 29.8 Å².